The summed E-state index contributed by atoms with van der Waals surface area (Å²) in [6.45, 7) is 10.1. The molecule has 1 saturated carbocycles. The van der Waals surface area contributed by atoms with Gasteiger partial charge < -0.3 is 10.6 Å². The van der Waals surface area contributed by atoms with Gasteiger partial charge in [-0.1, -0.05) is 20.8 Å². The Labute approximate surface area is 124 Å². The third-order valence-corrected chi connectivity index (χ3v) is 4.94. The molecule has 1 saturated heterocycles. The van der Waals surface area contributed by atoms with E-state index in [4.69, 9.17) is 0 Å². The molecule has 3 nitrogen and oxygen atoms in total. The van der Waals surface area contributed by atoms with Crippen LogP contribution in [0.2, 0.25) is 0 Å². The lowest BCUT2D eigenvalue weighted by Gasteiger charge is -2.38. The number of nitrogens with one attached hydrogen (secondary N) is 2. The van der Waals surface area contributed by atoms with Gasteiger partial charge in [0.05, 0.1) is 0 Å². The number of piperidine rings is 1. The molecule has 1 aliphatic heterocycles. The maximum absolute atomic E-state index is 12.1. The molecule has 0 radical (unpaired) electrons. The summed E-state index contributed by atoms with van der Waals surface area (Å²) in [6, 6.07) is 0. The predicted octanol–water partition coefficient (Wildman–Crippen LogP) is 2.95. The fourth-order valence-electron chi connectivity index (χ4n) is 4.39. The normalized spacial score (nSPS) is 33.6. The Hall–Kier alpha value is -0.570. The highest BCUT2D eigenvalue weighted by Crippen LogP contribution is 2.42. The van der Waals surface area contributed by atoms with Crippen LogP contribution >= 0.6 is 0 Å². The minimum absolute atomic E-state index is 0.269. The SMILES string of the molecule is CC1CC(CC(=O)NCC2CCCNC2)CC(C)(C)C1. The third-order valence-electron chi connectivity index (χ3n) is 4.94. The lowest BCUT2D eigenvalue weighted by molar-refractivity contribution is -0.122. The van der Waals surface area contributed by atoms with Crippen molar-refractivity contribution >= 4 is 5.91 Å². The highest BCUT2D eigenvalue weighted by Gasteiger charge is 2.32. The first-order valence-electron chi connectivity index (χ1n) is 8.42. The Morgan fingerprint density at radius 3 is 2.75 bits per heavy atom. The highest BCUT2D eigenvalue weighted by molar-refractivity contribution is 5.76. The van der Waals surface area contributed by atoms with Gasteiger partial charge in [-0.25, -0.2) is 0 Å². The van der Waals surface area contributed by atoms with Gasteiger partial charge in [0.2, 0.25) is 5.91 Å². The lowest BCUT2D eigenvalue weighted by atomic mass is 9.67. The van der Waals surface area contributed by atoms with Crippen LogP contribution in [0.4, 0.5) is 0 Å². The van der Waals surface area contributed by atoms with Crippen molar-refractivity contribution in [2.75, 3.05) is 19.6 Å². The van der Waals surface area contributed by atoms with E-state index in [1.54, 1.807) is 0 Å². The second kappa shape index (κ2) is 6.93. The van der Waals surface area contributed by atoms with Crippen LogP contribution < -0.4 is 10.6 Å². The quantitative estimate of drug-likeness (QED) is 0.831. The summed E-state index contributed by atoms with van der Waals surface area (Å²) < 4.78 is 0. The molecule has 20 heavy (non-hydrogen) atoms. The number of hydrogen-bond donors (Lipinski definition) is 2. The number of amides is 1. The number of carbonyl (C=O) groups is 1. The Morgan fingerprint density at radius 2 is 2.10 bits per heavy atom. The second-order valence-corrected chi connectivity index (χ2v) is 8.00. The summed E-state index contributed by atoms with van der Waals surface area (Å²) in [5, 5.41) is 6.57. The van der Waals surface area contributed by atoms with Gasteiger partial charge in [0.25, 0.3) is 0 Å². The summed E-state index contributed by atoms with van der Waals surface area (Å²) in [7, 11) is 0. The van der Waals surface area contributed by atoms with E-state index < -0.39 is 0 Å². The zero-order valence-corrected chi connectivity index (χ0v) is 13.5. The van der Waals surface area contributed by atoms with Crippen molar-refractivity contribution in [2.24, 2.45) is 23.2 Å². The van der Waals surface area contributed by atoms with E-state index in [9.17, 15) is 4.79 Å². The summed E-state index contributed by atoms with van der Waals surface area (Å²) >= 11 is 0. The van der Waals surface area contributed by atoms with Crippen LogP contribution in [0.15, 0.2) is 0 Å². The molecule has 2 fully saturated rings. The van der Waals surface area contributed by atoms with Crippen LogP contribution in [0.25, 0.3) is 0 Å². The van der Waals surface area contributed by atoms with Crippen molar-refractivity contribution < 1.29 is 4.79 Å². The molecule has 1 aliphatic carbocycles. The fraction of sp³-hybridized carbons (Fsp3) is 0.941. The van der Waals surface area contributed by atoms with Crippen LogP contribution in [-0.2, 0) is 4.79 Å². The van der Waals surface area contributed by atoms with Crippen molar-refractivity contribution in [2.45, 2.75) is 59.3 Å². The van der Waals surface area contributed by atoms with Crippen molar-refractivity contribution in [1.82, 2.24) is 10.6 Å². The molecule has 0 aromatic rings. The summed E-state index contributed by atoms with van der Waals surface area (Å²) in [5.74, 6) is 2.25. The first-order valence-corrected chi connectivity index (χ1v) is 8.42. The molecule has 0 spiro atoms. The van der Waals surface area contributed by atoms with E-state index in [0.717, 1.165) is 32.0 Å². The van der Waals surface area contributed by atoms with Crippen LogP contribution in [-0.4, -0.2) is 25.5 Å². The zero-order valence-electron chi connectivity index (χ0n) is 13.5. The Morgan fingerprint density at radius 1 is 1.30 bits per heavy atom. The number of rotatable bonds is 4. The van der Waals surface area contributed by atoms with Gasteiger partial charge in [-0.05, 0) is 68.4 Å². The summed E-state index contributed by atoms with van der Waals surface area (Å²) in [4.78, 5) is 12.1. The summed E-state index contributed by atoms with van der Waals surface area (Å²) in [5.41, 5.74) is 0.413. The van der Waals surface area contributed by atoms with Gasteiger partial charge in [0.15, 0.2) is 0 Å². The monoisotopic (exact) mass is 280 g/mol. The van der Waals surface area contributed by atoms with Crippen molar-refractivity contribution in [1.29, 1.82) is 0 Å². The second-order valence-electron chi connectivity index (χ2n) is 8.00. The van der Waals surface area contributed by atoms with Gasteiger partial charge in [0.1, 0.15) is 0 Å². The van der Waals surface area contributed by atoms with Crippen LogP contribution in [0, 0.1) is 23.2 Å². The molecule has 1 heterocycles. The molecule has 0 bridgehead atoms. The van der Waals surface area contributed by atoms with E-state index in [1.165, 1.54) is 32.1 Å². The van der Waals surface area contributed by atoms with E-state index in [0.29, 0.717) is 17.3 Å². The minimum atomic E-state index is 0.269. The van der Waals surface area contributed by atoms with Crippen molar-refractivity contribution in [3.05, 3.63) is 0 Å². The van der Waals surface area contributed by atoms with E-state index in [-0.39, 0.29) is 5.91 Å². The average molecular weight is 280 g/mol. The molecule has 3 unspecified atom stereocenters. The van der Waals surface area contributed by atoms with Crippen LogP contribution in [0.1, 0.15) is 59.3 Å². The fourth-order valence-corrected chi connectivity index (χ4v) is 4.39. The Kier molecular flexibility index (Phi) is 5.48. The Bertz CT molecular complexity index is 321. The van der Waals surface area contributed by atoms with Crippen LogP contribution in [0.3, 0.4) is 0 Å². The highest BCUT2D eigenvalue weighted by atomic mass is 16.1. The van der Waals surface area contributed by atoms with Crippen molar-refractivity contribution in [3.8, 4) is 0 Å². The first kappa shape index (κ1) is 15.8. The predicted molar refractivity (Wildman–Crippen MR) is 83.5 cm³/mol. The maximum Gasteiger partial charge on any atom is 0.220 e. The average Bonchev–Trinajstić information content (AvgIpc) is 2.35. The molecule has 0 aromatic carbocycles. The van der Waals surface area contributed by atoms with E-state index in [1.807, 2.05) is 0 Å². The molecular formula is C17H32N2O. The number of hydrogen-bond acceptors (Lipinski definition) is 2. The standard InChI is InChI=1S/C17H32N2O/c1-13-7-15(10-17(2,3)9-13)8-16(20)19-12-14-5-4-6-18-11-14/h13-15,18H,4-12H2,1-3H3,(H,19,20). The Balaban J connectivity index is 1.70. The first-order chi connectivity index (χ1) is 9.44. The molecule has 2 N–H and O–H groups in total. The van der Waals surface area contributed by atoms with Gasteiger partial charge in [-0.2, -0.15) is 0 Å². The van der Waals surface area contributed by atoms with Gasteiger partial charge >= 0.3 is 0 Å². The molecule has 2 aliphatic rings. The minimum Gasteiger partial charge on any atom is -0.356 e. The van der Waals surface area contributed by atoms with E-state index in [2.05, 4.69) is 31.4 Å². The lowest BCUT2D eigenvalue weighted by Crippen LogP contribution is -2.39. The maximum atomic E-state index is 12.1. The van der Waals surface area contributed by atoms with Gasteiger partial charge in [-0.3, -0.25) is 4.79 Å². The number of carbonyl (C=O) groups excluding carboxylic acids is 1. The molecule has 3 heteroatoms. The van der Waals surface area contributed by atoms with Gasteiger partial charge in [0, 0.05) is 13.0 Å². The van der Waals surface area contributed by atoms with Crippen molar-refractivity contribution in [3.63, 3.8) is 0 Å². The molecule has 2 rings (SSSR count). The zero-order chi connectivity index (χ0) is 14.6. The summed E-state index contributed by atoms with van der Waals surface area (Å²) in [6.07, 6.45) is 6.96. The van der Waals surface area contributed by atoms with Gasteiger partial charge in [-0.15, -0.1) is 0 Å². The molecule has 0 aromatic heterocycles. The molecule has 3 atom stereocenters. The molecular weight excluding hydrogens is 248 g/mol. The van der Waals surface area contributed by atoms with E-state index >= 15 is 0 Å². The largest absolute Gasteiger partial charge is 0.356 e. The van der Waals surface area contributed by atoms with Crippen LogP contribution in [0.5, 0.6) is 0 Å². The molecule has 1 amide bonds. The topological polar surface area (TPSA) is 41.1 Å². The third kappa shape index (κ3) is 5.08. The smallest absolute Gasteiger partial charge is 0.220 e. The molecule has 116 valence electrons.